The van der Waals surface area contributed by atoms with Gasteiger partial charge in [-0.2, -0.15) is 0 Å². The standard InChI is InChI=1S/C11H10F2O3/c1-16-6-8(14)5-11(15)9-4-7(12)2-3-10(9)13/h2-4H,5-6H2,1H3. The Morgan fingerprint density at radius 1 is 1.31 bits per heavy atom. The third-order valence-corrected chi connectivity index (χ3v) is 1.89. The van der Waals surface area contributed by atoms with E-state index in [-0.39, 0.29) is 6.61 Å². The number of ketones is 2. The molecule has 0 amide bonds. The van der Waals surface area contributed by atoms with Gasteiger partial charge in [0, 0.05) is 7.11 Å². The van der Waals surface area contributed by atoms with E-state index in [0.29, 0.717) is 0 Å². The Kier molecular flexibility index (Phi) is 4.25. The number of benzene rings is 1. The number of halogens is 2. The Morgan fingerprint density at radius 3 is 2.62 bits per heavy atom. The van der Waals surface area contributed by atoms with Crippen LogP contribution in [0, 0.1) is 11.6 Å². The van der Waals surface area contributed by atoms with Crippen molar-refractivity contribution in [1.82, 2.24) is 0 Å². The normalized spacial score (nSPS) is 10.2. The van der Waals surface area contributed by atoms with E-state index >= 15 is 0 Å². The van der Waals surface area contributed by atoms with Gasteiger partial charge in [-0.25, -0.2) is 8.78 Å². The number of Topliss-reactive ketones (excluding diaryl/α,β-unsaturated/α-hetero) is 2. The molecule has 5 heteroatoms. The van der Waals surface area contributed by atoms with Crippen LogP contribution in [0.2, 0.25) is 0 Å². The van der Waals surface area contributed by atoms with Crippen molar-refractivity contribution in [2.45, 2.75) is 6.42 Å². The molecule has 3 nitrogen and oxygen atoms in total. The van der Waals surface area contributed by atoms with Gasteiger partial charge in [0.15, 0.2) is 11.6 Å². The Hall–Kier alpha value is -1.62. The fourth-order valence-corrected chi connectivity index (χ4v) is 1.20. The van der Waals surface area contributed by atoms with Crippen LogP contribution in [-0.2, 0) is 9.53 Å². The Labute approximate surface area is 91.0 Å². The summed E-state index contributed by atoms with van der Waals surface area (Å²) in [6, 6.07) is 2.53. The minimum absolute atomic E-state index is 0.220. The predicted octanol–water partition coefficient (Wildman–Crippen LogP) is 1.75. The van der Waals surface area contributed by atoms with Crippen LogP contribution in [0.3, 0.4) is 0 Å². The minimum Gasteiger partial charge on any atom is -0.377 e. The van der Waals surface area contributed by atoms with E-state index in [1.807, 2.05) is 0 Å². The van der Waals surface area contributed by atoms with Crippen LogP contribution in [0.1, 0.15) is 16.8 Å². The maximum Gasteiger partial charge on any atom is 0.173 e. The zero-order valence-electron chi connectivity index (χ0n) is 8.63. The molecule has 1 rings (SSSR count). The molecular formula is C11H10F2O3. The van der Waals surface area contributed by atoms with E-state index in [9.17, 15) is 18.4 Å². The molecule has 0 saturated carbocycles. The molecule has 0 aliphatic heterocycles. The molecule has 0 aliphatic rings. The molecule has 86 valence electrons. The lowest BCUT2D eigenvalue weighted by Gasteiger charge is -2.02. The van der Waals surface area contributed by atoms with Crippen LogP contribution in [0.15, 0.2) is 18.2 Å². The van der Waals surface area contributed by atoms with Gasteiger partial charge in [-0.05, 0) is 18.2 Å². The highest BCUT2D eigenvalue weighted by atomic mass is 19.1. The number of carbonyl (C=O) groups excluding carboxylic acids is 2. The van der Waals surface area contributed by atoms with Crippen molar-refractivity contribution in [2.24, 2.45) is 0 Å². The fourth-order valence-electron chi connectivity index (χ4n) is 1.20. The second kappa shape index (κ2) is 5.46. The number of rotatable bonds is 5. The maximum atomic E-state index is 13.1. The number of ether oxygens (including phenoxy) is 1. The molecular weight excluding hydrogens is 218 g/mol. The third kappa shape index (κ3) is 3.20. The summed E-state index contributed by atoms with van der Waals surface area (Å²) in [6.07, 6.45) is -0.492. The average Bonchev–Trinajstić information content (AvgIpc) is 2.21. The van der Waals surface area contributed by atoms with Gasteiger partial charge in [-0.1, -0.05) is 0 Å². The first-order valence-corrected chi connectivity index (χ1v) is 4.53. The Balaban J connectivity index is 2.80. The predicted molar refractivity (Wildman–Crippen MR) is 52.2 cm³/mol. The first kappa shape index (κ1) is 12.4. The highest BCUT2D eigenvalue weighted by molar-refractivity contribution is 6.08. The molecule has 0 saturated heterocycles. The van der Waals surface area contributed by atoms with Crippen molar-refractivity contribution >= 4 is 11.6 Å². The van der Waals surface area contributed by atoms with Crippen molar-refractivity contribution < 1.29 is 23.1 Å². The van der Waals surface area contributed by atoms with Crippen LogP contribution in [-0.4, -0.2) is 25.3 Å². The van der Waals surface area contributed by atoms with Crippen molar-refractivity contribution in [2.75, 3.05) is 13.7 Å². The van der Waals surface area contributed by atoms with Gasteiger partial charge in [0.05, 0.1) is 12.0 Å². The molecule has 1 aromatic rings. The number of methoxy groups -OCH3 is 1. The van der Waals surface area contributed by atoms with Crippen molar-refractivity contribution in [3.05, 3.63) is 35.4 Å². The fraction of sp³-hybridized carbons (Fsp3) is 0.273. The van der Waals surface area contributed by atoms with Crippen LogP contribution in [0.5, 0.6) is 0 Å². The van der Waals surface area contributed by atoms with E-state index in [0.717, 1.165) is 18.2 Å². The van der Waals surface area contributed by atoms with Crippen molar-refractivity contribution in [1.29, 1.82) is 0 Å². The molecule has 0 spiro atoms. The summed E-state index contributed by atoms with van der Waals surface area (Å²) >= 11 is 0. The summed E-state index contributed by atoms with van der Waals surface area (Å²) in [5.74, 6) is -2.78. The van der Waals surface area contributed by atoms with E-state index in [2.05, 4.69) is 4.74 Å². The molecule has 0 heterocycles. The summed E-state index contributed by atoms with van der Waals surface area (Å²) in [4.78, 5) is 22.5. The molecule has 1 aromatic carbocycles. The molecule has 0 radical (unpaired) electrons. The first-order chi connectivity index (χ1) is 7.54. The average molecular weight is 228 g/mol. The molecule has 0 unspecified atom stereocenters. The third-order valence-electron chi connectivity index (χ3n) is 1.89. The summed E-state index contributed by atoms with van der Waals surface area (Å²) in [6.45, 7) is -0.220. The van der Waals surface area contributed by atoms with Crippen LogP contribution in [0.4, 0.5) is 8.78 Å². The summed E-state index contributed by atoms with van der Waals surface area (Å²) in [7, 11) is 1.31. The zero-order valence-corrected chi connectivity index (χ0v) is 8.63. The van der Waals surface area contributed by atoms with E-state index in [1.54, 1.807) is 0 Å². The molecule has 0 aliphatic carbocycles. The Morgan fingerprint density at radius 2 is 2.00 bits per heavy atom. The van der Waals surface area contributed by atoms with Crippen LogP contribution >= 0.6 is 0 Å². The molecule has 0 atom stereocenters. The second-order valence-electron chi connectivity index (χ2n) is 3.20. The van der Waals surface area contributed by atoms with Gasteiger partial charge in [-0.3, -0.25) is 9.59 Å². The van der Waals surface area contributed by atoms with Crippen LogP contribution in [0.25, 0.3) is 0 Å². The molecule has 0 fully saturated rings. The molecule has 0 bridgehead atoms. The summed E-state index contributed by atoms with van der Waals surface area (Å²) in [5, 5.41) is 0. The highest BCUT2D eigenvalue weighted by Gasteiger charge is 2.16. The van der Waals surface area contributed by atoms with Crippen molar-refractivity contribution in [3.63, 3.8) is 0 Å². The van der Waals surface area contributed by atoms with Gasteiger partial charge in [0.2, 0.25) is 0 Å². The van der Waals surface area contributed by atoms with Gasteiger partial charge < -0.3 is 4.74 Å². The minimum atomic E-state index is -0.836. The SMILES string of the molecule is COCC(=O)CC(=O)c1cc(F)ccc1F. The van der Waals surface area contributed by atoms with Crippen molar-refractivity contribution in [3.8, 4) is 0 Å². The lowest BCUT2D eigenvalue weighted by molar-refractivity contribution is -0.121. The highest BCUT2D eigenvalue weighted by Crippen LogP contribution is 2.12. The van der Waals surface area contributed by atoms with E-state index in [1.165, 1.54) is 7.11 Å². The van der Waals surface area contributed by atoms with Gasteiger partial charge in [0.1, 0.15) is 18.2 Å². The molecule has 16 heavy (non-hydrogen) atoms. The Bertz CT molecular complexity index is 416. The smallest absolute Gasteiger partial charge is 0.173 e. The molecule has 0 aromatic heterocycles. The summed E-state index contributed by atoms with van der Waals surface area (Å²) < 4.78 is 30.4. The lowest BCUT2D eigenvalue weighted by atomic mass is 10.1. The first-order valence-electron chi connectivity index (χ1n) is 4.53. The zero-order chi connectivity index (χ0) is 12.1. The monoisotopic (exact) mass is 228 g/mol. The quantitative estimate of drug-likeness (QED) is 0.569. The van der Waals surface area contributed by atoms with Gasteiger partial charge in [0.25, 0.3) is 0 Å². The molecule has 0 N–H and O–H groups in total. The van der Waals surface area contributed by atoms with Gasteiger partial charge >= 0.3 is 0 Å². The number of hydrogen-bond donors (Lipinski definition) is 0. The van der Waals surface area contributed by atoms with E-state index < -0.39 is 35.2 Å². The lowest BCUT2D eigenvalue weighted by Crippen LogP contribution is -2.14. The topological polar surface area (TPSA) is 43.4 Å². The van der Waals surface area contributed by atoms with Crippen LogP contribution < -0.4 is 0 Å². The summed E-state index contributed by atoms with van der Waals surface area (Å²) in [5.41, 5.74) is -0.413. The number of hydrogen-bond acceptors (Lipinski definition) is 3. The van der Waals surface area contributed by atoms with Gasteiger partial charge in [-0.15, -0.1) is 0 Å². The maximum absolute atomic E-state index is 13.1. The second-order valence-corrected chi connectivity index (χ2v) is 3.20. The van der Waals surface area contributed by atoms with E-state index in [4.69, 9.17) is 0 Å². The number of carbonyl (C=O) groups is 2. The largest absolute Gasteiger partial charge is 0.377 e.